The molecular weight excluding hydrogens is 554 g/mol. The Morgan fingerprint density at radius 1 is 0.881 bits per heavy atom. The number of nitrogens with zero attached hydrogens (tertiary/aromatic N) is 2. The molecular formula is C32H41N3O6S. The smallest absolute Gasteiger partial charge is 0.264 e. The van der Waals surface area contributed by atoms with Crippen LogP contribution >= 0.6 is 0 Å². The number of nitrogens with one attached hydrogen (secondary N) is 1. The molecule has 10 heteroatoms. The molecule has 3 aromatic rings. The van der Waals surface area contributed by atoms with Crippen molar-refractivity contribution in [3.05, 3.63) is 83.4 Å². The molecule has 2 amide bonds. The van der Waals surface area contributed by atoms with Gasteiger partial charge in [-0.05, 0) is 63.9 Å². The monoisotopic (exact) mass is 595 g/mol. The van der Waals surface area contributed by atoms with Gasteiger partial charge >= 0.3 is 0 Å². The van der Waals surface area contributed by atoms with E-state index in [1.54, 1.807) is 31.2 Å². The van der Waals surface area contributed by atoms with E-state index in [0.29, 0.717) is 11.4 Å². The highest BCUT2D eigenvalue weighted by Gasteiger charge is 2.33. The van der Waals surface area contributed by atoms with Crippen LogP contribution in [0.1, 0.15) is 43.9 Å². The van der Waals surface area contributed by atoms with Crippen LogP contribution in [0.25, 0.3) is 0 Å². The first-order valence-corrected chi connectivity index (χ1v) is 15.3. The van der Waals surface area contributed by atoms with E-state index >= 15 is 0 Å². The number of methoxy groups -OCH3 is 2. The largest absolute Gasteiger partial charge is 0.493 e. The lowest BCUT2D eigenvalue weighted by Crippen LogP contribution is -2.52. The van der Waals surface area contributed by atoms with Crippen molar-refractivity contribution in [2.75, 3.05) is 25.1 Å². The Balaban J connectivity index is 2.06. The predicted molar refractivity (Wildman–Crippen MR) is 164 cm³/mol. The summed E-state index contributed by atoms with van der Waals surface area (Å²) in [5.74, 6) is -0.215. The molecule has 3 aromatic carbocycles. The standard InChI is InChI=1S/C32H41N3O6S/c1-8-24(4)33-32(37)25(5)34(20-26-11-9-10-23(3)18-26)31(36)21-35(27-14-12-22(2)13-15-27)42(38,39)28-16-17-29(40-6)30(19-28)41-7/h9-19,24-25H,8,20-21H2,1-7H3,(H,33,37)/t24-,25+/m1/s1. The Labute approximate surface area is 249 Å². The number of carbonyl (C=O) groups excluding carboxylic acids is 2. The van der Waals surface area contributed by atoms with E-state index in [1.165, 1.54) is 37.3 Å². The van der Waals surface area contributed by atoms with Crippen LogP contribution < -0.4 is 19.1 Å². The minimum absolute atomic E-state index is 0.0682. The number of rotatable bonds is 13. The summed E-state index contributed by atoms with van der Waals surface area (Å²) in [6.07, 6.45) is 0.731. The number of benzene rings is 3. The first-order chi connectivity index (χ1) is 19.9. The number of aryl methyl sites for hydroxylation is 2. The quantitative estimate of drug-likeness (QED) is 0.303. The fraction of sp³-hybridized carbons (Fsp3) is 0.375. The molecule has 0 radical (unpaired) electrons. The summed E-state index contributed by atoms with van der Waals surface area (Å²) < 4.78 is 39.9. The highest BCUT2D eigenvalue weighted by molar-refractivity contribution is 7.92. The number of hydrogen-bond donors (Lipinski definition) is 1. The van der Waals surface area contributed by atoms with Gasteiger partial charge in [0.05, 0.1) is 24.8 Å². The van der Waals surface area contributed by atoms with Crippen LogP contribution in [0.4, 0.5) is 5.69 Å². The molecule has 0 fully saturated rings. The lowest BCUT2D eigenvalue weighted by molar-refractivity contribution is -0.139. The first-order valence-electron chi connectivity index (χ1n) is 13.9. The fourth-order valence-corrected chi connectivity index (χ4v) is 5.83. The first kappa shape index (κ1) is 32.5. The highest BCUT2D eigenvalue weighted by atomic mass is 32.2. The molecule has 0 heterocycles. The van der Waals surface area contributed by atoms with Gasteiger partial charge in [-0.3, -0.25) is 13.9 Å². The van der Waals surface area contributed by atoms with E-state index in [1.807, 2.05) is 52.0 Å². The average molecular weight is 596 g/mol. The normalized spacial score (nSPS) is 12.6. The Kier molecular flexibility index (Phi) is 11.0. The molecule has 9 nitrogen and oxygen atoms in total. The van der Waals surface area contributed by atoms with Crippen LogP contribution in [0.15, 0.2) is 71.6 Å². The number of anilines is 1. The Hall–Kier alpha value is -4.05. The van der Waals surface area contributed by atoms with Gasteiger partial charge in [0, 0.05) is 18.7 Å². The van der Waals surface area contributed by atoms with E-state index in [4.69, 9.17) is 9.47 Å². The molecule has 0 bridgehead atoms. The van der Waals surface area contributed by atoms with Crippen LogP contribution in [-0.2, 0) is 26.2 Å². The molecule has 2 atom stereocenters. The molecule has 0 saturated carbocycles. The molecule has 226 valence electrons. The summed E-state index contributed by atoms with van der Waals surface area (Å²) in [6.45, 7) is 8.97. The third-order valence-electron chi connectivity index (χ3n) is 7.15. The molecule has 0 aliphatic heterocycles. The zero-order valence-electron chi connectivity index (χ0n) is 25.4. The highest BCUT2D eigenvalue weighted by Crippen LogP contribution is 2.32. The van der Waals surface area contributed by atoms with Crippen LogP contribution in [-0.4, -0.2) is 58.0 Å². The van der Waals surface area contributed by atoms with Crippen LogP contribution in [0, 0.1) is 13.8 Å². The van der Waals surface area contributed by atoms with Gasteiger partial charge in [-0.1, -0.05) is 54.4 Å². The third kappa shape index (κ3) is 7.82. The van der Waals surface area contributed by atoms with Crippen molar-refractivity contribution in [1.29, 1.82) is 0 Å². The second-order valence-corrected chi connectivity index (χ2v) is 12.2. The molecule has 3 rings (SSSR count). The van der Waals surface area contributed by atoms with E-state index < -0.39 is 28.5 Å². The van der Waals surface area contributed by atoms with Crippen molar-refractivity contribution in [3.8, 4) is 11.5 Å². The predicted octanol–water partition coefficient (Wildman–Crippen LogP) is 4.85. The number of sulfonamides is 1. The van der Waals surface area contributed by atoms with Crippen molar-refractivity contribution < 1.29 is 27.5 Å². The number of amides is 2. The number of ether oxygens (including phenoxy) is 2. The van der Waals surface area contributed by atoms with Crippen molar-refractivity contribution in [2.45, 2.75) is 64.6 Å². The van der Waals surface area contributed by atoms with Gasteiger partial charge in [0.15, 0.2) is 11.5 Å². The summed E-state index contributed by atoms with van der Waals surface area (Å²) in [6, 6.07) is 17.9. The lowest BCUT2D eigenvalue weighted by Gasteiger charge is -2.32. The summed E-state index contributed by atoms with van der Waals surface area (Å²) in [4.78, 5) is 28.6. The molecule has 1 N–H and O–H groups in total. The van der Waals surface area contributed by atoms with Gasteiger partial charge in [-0.25, -0.2) is 8.42 Å². The molecule has 42 heavy (non-hydrogen) atoms. The van der Waals surface area contributed by atoms with Crippen molar-refractivity contribution in [1.82, 2.24) is 10.2 Å². The van der Waals surface area contributed by atoms with Crippen molar-refractivity contribution in [3.63, 3.8) is 0 Å². The van der Waals surface area contributed by atoms with Crippen LogP contribution in [0.3, 0.4) is 0 Å². The minimum atomic E-state index is -4.25. The van der Waals surface area contributed by atoms with Gasteiger partial charge < -0.3 is 19.7 Å². The molecule has 0 spiro atoms. The van der Waals surface area contributed by atoms with Crippen LogP contribution in [0.5, 0.6) is 11.5 Å². The Morgan fingerprint density at radius 3 is 2.14 bits per heavy atom. The van der Waals surface area contributed by atoms with Gasteiger partial charge in [0.25, 0.3) is 10.0 Å². The maximum absolute atomic E-state index is 14.1. The molecule has 0 aliphatic rings. The lowest BCUT2D eigenvalue weighted by atomic mass is 10.1. The van der Waals surface area contributed by atoms with Crippen LogP contribution in [0.2, 0.25) is 0 Å². The van der Waals surface area contributed by atoms with E-state index in [-0.39, 0.29) is 29.1 Å². The second kappa shape index (κ2) is 14.2. The molecule has 0 unspecified atom stereocenters. The van der Waals surface area contributed by atoms with E-state index in [9.17, 15) is 18.0 Å². The van der Waals surface area contributed by atoms with E-state index in [2.05, 4.69) is 5.32 Å². The average Bonchev–Trinajstić information content (AvgIpc) is 2.98. The maximum Gasteiger partial charge on any atom is 0.264 e. The summed E-state index contributed by atoms with van der Waals surface area (Å²) >= 11 is 0. The Bertz CT molecular complexity index is 1490. The van der Waals surface area contributed by atoms with Gasteiger partial charge in [-0.2, -0.15) is 0 Å². The molecule has 0 aliphatic carbocycles. The Morgan fingerprint density at radius 2 is 1.55 bits per heavy atom. The van der Waals surface area contributed by atoms with Crippen molar-refractivity contribution in [2.24, 2.45) is 0 Å². The zero-order valence-corrected chi connectivity index (χ0v) is 26.2. The van der Waals surface area contributed by atoms with Gasteiger partial charge in [-0.15, -0.1) is 0 Å². The topological polar surface area (TPSA) is 105 Å². The zero-order chi connectivity index (χ0) is 31.0. The number of hydrogen-bond acceptors (Lipinski definition) is 6. The van der Waals surface area contributed by atoms with E-state index in [0.717, 1.165) is 27.4 Å². The SMILES string of the molecule is CC[C@@H](C)NC(=O)[C@H](C)N(Cc1cccc(C)c1)C(=O)CN(c1ccc(C)cc1)S(=O)(=O)c1ccc(OC)c(OC)c1. The fourth-order valence-electron chi connectivity index (χ4n) is 4.40. The van der Waals surface area contributed by atoms with Gasteiger partial charge in [0.1, 0.15) is 12.6 Å². The molecule has 0 saturated heterocycles. The summed E-state index contributed by atoms with van der Waals surface area (Å²) in [5.41, 5.74) is 3.09. The van der Waals surface area contributed by atoms with Gasteiger partial charge in [0.2, 0.25) is 11.8 Å². The molecule has 0 aromatic heterocycles. The maximum atomic E-state index is 14.1. The van der Waals surface area contributed by atoms with Crippen molar-refractivity contribution >= 4 is 27.5 Å². The minimum Gasteiger partial charge on any atom is -0.493 e. The second-order valence-electron chi connectivity index (χ2n) is 10.4. The third-order valence-corrected chi connectivity index (χ3v) is 8.92. The summed E-state index contributed by atoms with van der Waals surface area (Å²) in [5, 5.41) is 2.94. The number of carbonyl (C=O) groups is 2. The summed E-state index contributed by atoms with van der Waals surface area (Å²) in [7, 11) is -1.37.